The number of benzene rings is 1. The van der Waals surface area contributed by atoms with Crippen molar-refractivity contribution in [2.24, 2.45) is 5.41 Å². The zero-order chi connectivity index (χ0) is 20.0. The van der Waals surface area contributed by atoms with Crippen molar-refractivity contribution in [3.63, 3.8) is 0 Å². The van der Waals surface area contributed by atoms with Crippen molar-refractivity contribution in [1.82, 2.24) is 15.2 Å². The third-order valence-corrected chi connectivity index (χ3v) is 5.56. The molecule has 2 heterocycles. The molecule has 1 aliphatic heterocycles. The molecule has 28 heavy (non-hydrogen) atoms. The van der Waals surface area contributed by atoms with Crippen LogP contribution >= 0.6 is 0 Å². The minimum Gasteiger partial charge on any atom is -0.356 e. The van der Waals surface area contributed by atoms with Gasteiger partial charge in [-0.15, -0.1) is 0 Å². The molecule has 0 spiro atoms. The zero-order valence-corrected chi connectivity index (χ0v) is 16.8. The van der Waals surface area contributed by atoms with Crippen LogP contribution in [-0.2, 0) is 16.0 Å². The predicted molar refractivity (Wildman–Crippen MR) is 111 cm³/mol. The lowest BCUT2D eigenvalue weighted by molar-refractivity contribution is -0.141. The highest BCUT2D eigenvalue weighted by Crippen LogP contribution is 2.35. The molecule has 1 saturated heterocycles. The SMILES string of the molecule is CCNC(=O)[C@@]1(Cc2ccc(-c3ccncc3)cc2)CCCN(C(=O)CC)C1. The van der Waals surface area contributed by atoms with Gasteiger partial charge in [-0.25, -0.2) is 0 Å². The largest absolute Gasteiger partial charge is 0.356 e. The minimum atomic E-state index is -0.558. The van der Waals surface area contributed by atoms with Crippen molar-refractivity contribution in [2.45, 2.75) is 39.5 Å². The molecule has 0 saturated carbocycles. The van der Waals surface area contributed by atoms with Crippen molar-refractivity contribution in [3.8, 4) is 11.1 Å². The number of aromatic nitrogens is 1. The van der Waals surface area contributed by atoms with Crippen molar-refractivity contribution in [2.75, 3.05) is 19.6 Å². The van der Waals surface area contributed by atoms with E-state index in [1.165, 1.54) is 0 Å². The normalized spacial score (nSPS) is 19.3. The Morgan fingerprint density at radius 3 is 2.39 bits per heavy atom. The molecule has 1 aromatic heterocycles. The molecule has 1 aromatic carbocycles. The second-order valence-electron chi connectivity index (χ2n) is 7.52. The number of likely N-dealkylation sites (tertiary alicyclic amines) is 1. The maximum atomic E-state index is 13.0. The van der Waals surface area contributed by atoms with Crippen LogP contribution in [0.2, 0.25) is 0 Å². The van der Waals surface area contributed by atoms with Gasteiger partial charge in [0.25, 0.3) is 0 Å². The maximum absolute atomic E-state index is 13.0. The highest BCUT2D eigenvalue weighted by molar-refractivity contribution is 5.85. The molecule has 1 N–H and O–H groups in total. The van der Waals surface area contributed by atoms with Crippen LogP contribution in [0.4, 0.5) is 0 Å². The Morgan fingerprint density at radius 2 is 1.75 bits per heavy atom. The molecule has 3 rings (SSSR count). The van der Waals surface area contributed by atoms with Crippen LogP contribution in [0.5, 0.6) is 0 Å². The number of hydrogen-bond acceptors (Lipinski definition) is 3. The lowest BCUT2D eigenvalue weighted by Crippen LogP contribution is -2.54. The molecule has 0 bridgehead atoms. The number of hydrogen-bond donors (Lipinski definition) is 1. The fourth-order valence-corrected chi connectivity index (χ4v) is 4.08. The van der Waals surface area contributed by atoms with Crippen LogP contribution in [-0.4, -0.2) is 41.3 Å². The minimum absolute atomic E-state index is 0.0572. The number of pyridine rings is 1. The molecule has 0 unspecified atom stereocenters. The van der Waals surface area contributed by atoms with Gasteiger partial charge in [0, 0.05) is 38.4 Å². The summed E-state index contributed by atoms with van der Waals surface area (Å²) in [6, 6.07) is 12.3. The Hall–Kier alpha value is -2.69. The summed E-state index contributed by atoms with van der Waals surface area (Å²) in [7, 11) is 0. The lowest BCUT2D eigenvalue weighted by atomic mass is 9.74. The van der Waals surface area contributed by atoms with E-state index in [2.05, 4.69) is 34.6 Å². The summed E-state index contributed by atoms with van der Waals surface area (Å²) in [5, 5.41) is 3.01. The Morgan fingerprint density at radius 1 is 1.07 bits per heavy atom. The van der Waals surface area contributed by atoms with Crippen molar-refractivity contribution in [1.29, 1.82) is 0 Å². The molecule has 2 aromatic rings. The summed E-state index contributed by atoms with van der Waals surface area (Å²) >= 11 is 0. The summed E-state index contributed by atoms with van der Waals surface area (Å²) in [5.74, 6) is 0.184. The third-order valence-electron chi connectivity index (χ3n) is 5.56. The van der Waals surface area contributed by atoms with Crippen LogP contribution in [0.3, 0.4) is 0 Å². The molecule has 148 valence electrons. The zero-order valence-electron chi connectivity index (χ0n) is 16.8. The average Bonchev–Trinajstić information content (AvgIpc) is 2.74. The molecule has 0 radical (unpaired) electrons. The van der Waals surface area contributed by atoms with Crippen LogP contribution in [0.15, 0.2) is 48.8 Å². The van der Waals surface area contributed by atoms with E-state index < -0.39 is 5.41 Å². The number of nitrogens with one attached hydrogen (secondary N) is 1. The van der Waals surface area contributed by atoms with E-state index in [4.69, 9.17) is 0 Å². The number of nitrogens with zero attached hydrogens (tertiary/aromatic N) is 2. The number of amides is 2. The topological polar surface area (TPSA) is 62.3 Å². The Balaban J connectivity index is 1.83. The lowest BCUT2D eigenvalue weighted by Gasteiger charge is -2.42. The van der Waals surface area contributed by atoms with Gasteiger partial charge in [0.1, 0.15) is 0 Å². The van der Waals surface area contributed by atoms with Gasteiger partial charge in [0.15, 0.2) is 0 Å². The summed E-state index contributed by atoms with van der Waals surface area (Å²) in [6.07, 6.45) is 6.36. The van der Waals surface area contributed by atoms with Gasteiger partial charge in [0.2, 0.25) is 11.8 Å². The monoisotopic (exact) mass is 379 g/mol. The number of carbonyl (C=O) groups excluding carboxylic acids is 2. The van der Waals surface area contributed by atoms with E-state index in [0.717, 1.165) is 36.1 Å². The molecule has 1 fully saturated rings. The first-order valence-corrected chi connectivity index (χ1v) is 10.1. The second-order valence-corrected chi connectivity index (χ2v) is 7.52. The molecular weight excluding hydrogens is 350 g/mol. The highest BCUT2D eigenvalue weighted by Gasteiger charge is 2.43. The summed E-state index contributed by atoms with van der Waals surface area (Å²) < 4.78 is 0. The van der Waals surface area contributed by atoms with E-state index in [9.17, 15) is 9.59 Å². The first-order valence-electron chi connectivity index (χ1n) is 10.1. The first kappa shape index (κ1) is 20.1. The fraction of sp³-hybridized carbons (Fsp3) is 0.435. The van der Waals surface area contributed by atoms with Crippen LogP contribution in [0.1, 0.15) is 38.7 Å². The fourth-order valence-electron chi connectivity index (χ4n) is 4.08. The van der Waals surface area contributed by atoms with Gasteiger partial charge in [0.05, 0.1) is 5.41 Å². The molecular formula is C23H29N3O2. The van der Waals surface area contributed by atoms with E-state index in [0.29, 0.717) is 25.9 Å². The van der Waals surface area contributed by atoms with E-state index in [-0.39, 0.29) is 11.8 Å². The van der Waals surface area contributed by atoms with Crippen molar-refractivity contribution >= 4 is 11.8 Å². The van der Waals surface area contributed by atoms with Crippen LogP contribution in [0.25, 0.3) is 11.1 Å². The molecule has 0 aliphatic carbocycles. The Labute approximate surface area is 167 Å². The average molecular weight is 380 g/mol. The Bertz CT molecular complexity index is 804. The molecule has 5 nitrogen and oxygen atoms in total. The van der Waals surface area contributed by atoms with Gasteiger partial charge in [-0.3, -0.25) is 14.6 Å². The maximum Gasteiger partial charge on any atom is 0.228 e. The van der Waals surface area contributed by atoms with E-state index >= 15 is 0 Å². The van der Waals surface area contributed by atoms with E-state index in [1.807, 2.05) is 30.9 Å². The number of piperidine rings is 1. The predicted octanol–water partition coefficient (Wildman–Crippen LogP) is 3.45. The smallest absolute Gasteiger partial charge is 0.228 e. The summed E-state index contributed by atoms with van der Waals surface area (Å²) in [5.41, 5.74) is 2.81. The van der Waals surface area contributed by atoms with Crippen LogP contribution in [0, 0.1) is 5.41 Å². The first-order chi connectivity index (χ1) is 13.6. The van der Waals surface area contributed by atoms with Gasteiger partial charge in [-0.2, -0.15) is 0 Å². The number of carbonyl (C=O) groups is 2. The van der Waals surface area contributed by atoms with Crippen LogP contribution < -0.4 is 5.32 Å². The van der Waals surface area contributed by atoms with Gasteiger partial charge < -0.3 is 10.2 Å². The second kappa shape index (κ2) is 9.00. The standard InChI is InChI=1S/C23H29N3O2/c1-3-21(27)26-15-5-12-23(17-26,22(28)25-4-2)16-18-6-8-19(9-7-18)20-10-13-24-14-11-20/h6-11,13-14H,3-5,12,15-17H2,1-2H3,(H,25,28)/t23-/m1/s1. The molecule has 1 aliphatic rings. The highest BCUT2D eigenvalue weighted by atomic mass is 16.2. The summed E-state index contributed by atoms with van der Waals surface area (Å²) in [4.78, 5) is 31.2. The van der Waals surface area contributed by atoms with Crippen molar-refractivity contribution in [3.05, 3.63) is 54.4 Å². The van der Waals surface area contributed by atoms with Gasteiger partial charge in [-0.1, -0.05) is 31.2 Å². The molecule has 2 amide bonds. The molecule has 1 atom stereocenters. The molecule has 5 heteroatoms. The van der Waals surface area contributed by atoms with Gasteiger partial charge >= 0.3 is 0 Å². The quantitative estimate of drug-likeness (QED) is 0.836. The Kier molecular flexibility index (Phi) is 6.45. The third kappa shape index (κ3) is 4.41. The van der Waals surface area contributed by atoms with E-state index in [1.54, 1.807) is 12.4 Å². The van der Waals surface area contributed by atoms with Crippen molar-refractivity contribution < 1.29 is 9.59 Å². The summed E-state index contributed by atoms with van der Waals surface area (Å²) in [6.45, 7) is 5.66. The van der Waals surface area contributed by atoms with Gasteiger partial charge in [-0.05, 0) is 55.0 Å². The number of rotatable bonds is 6.